The summed E-state index contributed by atoms with van der Waals surface area (Å²) >= 11 is 1.63. The smallest absolute Gasteiger partial charge is 0.211 e. The average Bonchev–Trinajstić information content (AvgIpc) is 2.58. The highest BCUT2D eigenvalue weighted by Crippen LogP contribution is 2.22. The molecule has 1 aromatic rings. The van der Waals surface area contributed by atoms with Gasteiger partial charge < -0.3 is 4.57 Å². The Balaban J connectivity index is 3.34. The molecule has 1 aromatic heterocycles. The van der Waals surface area contributed by atoms with Crippen molar-refractivity contribution in [1.29, 1.82) is 0 Å². The molecule has 0 atom stereocenters. The van der Waals surface area contributed by atoms with E-state index in [2.05, 4.69) is 47.5 Å². The van der Waals surface area contributed by atoms with E-state index >= 15 is 0 Å². The third-order valence-corrected chi connectivity index (χ3v) is 3.07. The van der Waals surface area contributed by atoms with Crippen molar-refractivity contribution in [3.8, 4) is 0 Å². The number of thiazole rings is 1. The lowest BCUT2D eigenvalue weighted by Crippen LogP contribution is -2.23. The molecule has 94 valence electrons. The van der Waals surface area contributed by atoms with Crippen molar-refractivity contribution in [3.05, 3.63) is 28.5 Å². The van der Waals surface area contributed by atoms with Crippen LogP contribution in [0.5, 0.6) is 0 Å². The Morgan fingerprint density at radius 2 is 2.12 bits per heavy atom. The van der Waals surface area contributed by atoms with Gasteiger partial charge in [0, 0.05) is 28.7 Å². The van der Waals surface area contributed by atoms with Crippen molar-refractivity contribution in [2.24, 2.45) is 10.2 Å². The number of rotatable bonds is 3. The Bertz CT molecular complexity index is 479. The third-order valence-electron chi connectivity index (χ3n) is 2.21. The van der Waals surface area contributed by atoms with Gasteiger partial charge in [-0.25, -0.2) is 0 Å². The Morgan fingerprint density at radius 3 is 2.59 bits per heavy atom. The first-order valence-corrected chi connectivity index (χ1v) is 6.59. The van der Waals surface area contributed by atoms with Crippen LogP contribution in [0.25, 0.3) is 0 Å². The minimum atomic E-state index is 0.109. The molecular formula is C13H21N3S. The van der Waals surface area contributed by atoms with Gasteiger partial charge in [0.15, 0.2) is 0 Å². The molecule has 0 aliphatic carbocycles. The second-order valence-electron chi connectivity index (χ2n) is 5.20. The maximum atomic E-state index is 4.28. The summed E-state index contributed by atoms with van der Waals surface area (Å²) in [6, 6.07) is 0. The number of hydrogen-bond donors (Lipinski definition) is 0. The molecule has 0 aliphatic heterocycles. The van der Waals surface area contributed by atoms with Crippen molar-refractivity contribution < 1.29 is 0 Å². The van der Waals surface area contributed by atoms with Crippen molar-refractivity contribution in [2.75, 3.05) is 0 Å². The highest BCUT2D eigenvalue weighted by Gasteiger charge is 2.19. The molecule has 17 heavy (non-hydrogen) atoms. The first-order chi connectivity index (χ1) is 7.86. The van der Waals surface area contributed by atoms with E-state index in [1.165, 1.54) is 5.69 Å². The van der Waals surface area contributed by atoms with Gasteiger partial charge in [0.1, 0.15) is 0 Å². The first-order valence-electron chi connectivity index (χ1n) is 5.71. The number of aromatic nitrogens is 1. The molecule has 0 aliphatic rings. The molecule has 0 saturated heterocycles. The fourth-order valence-electron chi connectivity index (χ4n) is 1.45. The van der Waals surface area contributed by atoms with Gasteiger partial charge in [-0.15, -0.1) is 23.0 Å². The molecule has 0 unspecified atom stereocenters. The van der Waals surface area contributed by atoms with Gasteiger partial charge in [0.05, 0.1) is 0 Å². The highest BCUT2D eigenvalue weighted by atomic mass is 32.1. The molecule has 0 spiro atoms. The van der Waals surface area contributed by atoms with E-state index in [4.69, 9.17) is 0 Å². The molecule has 1 heterocycles. The molecule has 0 bridgehead atoms. The monoisotopic (exact) mass is 251 g/mol. The lowest BCUT2D eigenvalue weighted by Gasteiger charge is -2.20. The summed E-state index contributed by atoms with van der Waals surface area (Å²) in [4.78, 5) is 0.927. The fourth-order valence-corrected chi connectivity index (χ4v) is 2.53. The minimum Gasteiger partial charge on any atom is -0.315 e. The van der Waals surface area contributed by atoms with Crippen LogP contribution in [-0.4, -0.2) is 10.3 Å². The Hall–Kier alpha value is -1.16. The van der Waals surface area contributed by atoms with Crippen LogP contribution >= 0.6 is 11.3 Å². The Morgan fingerprint density at radius 1 is 1.47 bits per heavy atom. The van der Waals surface area contributed by atoms with Gasteiger partial charge in [-0.3, -0.25) is 0 Å². The largest absolute Gasteiger partial charge is 0.315 e. The predicted molar refractivity (Wildman–Crippen MR) is 75.6 cm³/mol. The zero-order valence-corrected chi connectivity index (χ0v) is 12.1. The molecule has 3 nitrogen and oxygen atoms in total. The summed E-state index contributed by atoms with van der Waals surface area (Å²) in [5, 5.41) is 10.6. The van der Waals surface area contributed by atoms with E-state index in [-0.39, 0.29) is 5.41 Å². The van der Waals surface area contributed by atoms with E-state index in [1.54, 1.807) is 11.3 Å². The summed E-state index contributed by atoms with van der Waals surface area (Å²) in [6.07, 6.45) is 1.89. The van der Waals surface area contributed by atoms with Crippen LogP contribution in [-0.2, 0) is 12.0 Å². The SMILES string of the molecule is C=CCn1c(C(C)(C)C)csc1=NN=C(C)C. The highest BCUT2D eigenvalue weighted by molar-refractivity contribution is 7.07. The Labute approximate surface area is 107 Å². The van der Waals surface area contributed by atoms with Crippen LogP contribution in [0.15, 0.2) is 28.2 Å². The molecule has 0 amide bonds. The third kappa shape index (κ3) is 3.66. The van der Waals surface area contributed by atoms with Crippen molar-refractivity contribution in [2.45, 2.75) is 46.6 Å². The summed E-state index contributed by atoms with van der Waals surface area (Å²) in [7, 11) is 0. The van der Waals surface area contributed by atoms with Crippen molar-refractivity contribution in [3.63, 3.8) is 0 Å². The molecule has 0 aromatic carbocycles. The van der Waals surface area contributed by atoms with E-state index in [9.17, 15) is 0 Å². The number of hydrogen-bond acceptors (Lipinski definition) is 3. The minimum absolute atomic E-state index is 0.109. The molecule has 0 saturated carbocycles. The maximum Gasteiger partial charge on any atom is 0.211 e. The fraction of sp³-hybridized carbons (Fsp3) is 0.538. The number of allylic oxidation sites excluding steroid dienone is 1. The van der Waals surface area contributed by atoms with Gasteiger partial charge in [0.25, 0.3) is 0 Å². The van der Waals surface area contributed by atoms with Gasteiger partial charge >= 0.3 is 0 Å². The van der Waals surface area contributed by atoms with Crippen LogP contribution in [0.1, 0.15) is 40.3 Å². The quantitative estimate of drug-likeness (QED) is 0.448. The lowest BCUT2D eigenvalue weighted by molar-refractivity contribution is 0.526. The van der Waals surface area contributed by atoms with Crippen molar-refractivity contribution in [1.82, 2.24) is 4.57 Å². The van der Waals surface area contributed by atoms with E-state index in [1.807, 2.05) is 19.9 Å². The van der Waals surface area contributed by atoms with Crippen LogP contribution in [0.4, 0.5) is 0 Å². The van der Waals surface area contributed by atoms with Crippen LogP contribution in [0, 0.1) is 0 Å². The van der Waals surface area contributed by atoms with Gasteiger partial charge in [-0.2, -0.15) is 5.10 Å². The van der Waals surface area contributed by atoms with Gasteiger partial charge in [-0.1, -0.05) is 26.8 Å². The standard InChI is InChI=1S/C13H21N3S/c1-7-8-16-11(13(4,5)6)9-17-12(16)15-14-10(2)3/h7,9H,1,8H2,2-6H3. The molecule has 0 fully saturated rings. The summed E-state index contributed by atoms with van der Waals surface area (Å²) in [6.45, 7) is 15.1. The molecular weight excluding hydrogens is 230 g/mol. The molecule has 0 N–H and O–H groups in total. The maximum absolute atomic E-state index is 4.28. The topological polar surface area (TPSA) is 29.6 Å². The van der Waals surface area contributed by atoms with Crippen LogP contribution < -0.4 is 4.80 Å². The normalized spacial score (nSPS) is 12.6. The van der Waals surface area contributed by atoms with E-state index < -0.39 is 0 Å². The zero-order chi connectivity index (χ0) is 13.1. The Kier molecular flexibility index (Phi) is 4.46. The average molecular weight is 251 g/mol. The van der Waals surface area contributed by atoms with E-state index in [0.29, 0.717) is 0 Å². The van der Waals surface area contributed by atoms with Crippen LogP contribution in [0.3, 0.4) is 0 Å². The van der Waals surface area contributed by atoms with Gasteiger partial charge in [-0.05, 0) is 13.8 Å². The summed E-state index contributed by atoms with van der Waals surface area (Å²) < 4.78 is 2.17. The second-order valence-corrected chi connectivity index (χ2v) is 6.04. The van der Waals surface area contributed by atoms with E-state index in [0.717, 1.165) is 17.1 Å². The molecule has 0 radical (unpaired) electrons. The molecule has 1 rings (SSSR count). The summed E-state index contributed by atoms with van der Waals surface area (Å²) in [5.41, 5.74) is 2.34. The number of nitrogens with zero attached hydrogens (tertiary/aromatic N) is 3. The molecule has 4 heteroatoms. The van der Waals surface area contributed by atoms with Gasteiger partial charge in [0.2, 0.25) is 4.80 Å². The van der Waals surface area contributed by atoms with Crippen molar-refractivity contribution >= 4 is 17.0 Å². The lowest BCUT2D eigenvalue weighted by atomic mass is 9.93. The van der Waals surface area contributed by atoms with Crippen LogP contribution in [0.2, 0.25) is 0 Å². The zero-order valence-electron chi connectivity index (χ0n) is 11.3. The second kappa shape index (κ2) is 5.45. The summed E-state index contributed by atoms with van der Waals surface area (Å²) in [5.74, 6) is 0. The first kappa shape index (κ1) is 13.9. The predicted octanol–water partition coefficient (Wildman–Crippen LogP) is 3.33.